The lowest BCUT2D eigenvalue weighted by Gasteiger charge is -2.05. The first-order valence-electron chi connectivity index (χ1n) is 6.44. The Hall–Kier alpha value is -2.08. The number of nitrogens with one attached hydrogen (secondary N) is 2. The van der Waals surface area contributed by atoms with E-state index in [1.807, 2.05) is 12.1 Å². The second-order valence-corrected chi connectivity index (χ2v) is 5.21. The molecule has 1 aromatic carbocycles. The van der Waals surface area contributed by atoms with Gasteiger partial charge in [0.15, 0.2) is 10.4 Å². The van der Waals surface area contributed by atoms with Gasteiger partial charge in [-0.25, -0.2) is 0 Å². The van der Waals surface area contributed by atoms with Crippen LogP contribution in [0.25, 0.3) is 0 Å². The molecule has 0 unspecified atom stereocenters. The van der Waals surface area contributed by atoms with Crippen LogP contribution in [-0.2, 0) is 11.2 Å². The van der Waals surface area contributed by atoms with E-state index in [1.165, 1.54) is 0 Å². The van der Waals surface area contributed by atoms with Crippen LogP contribution in [-0.4, -0.2) is 18.9 Å². The number of aryl methyl sites for hydroxylation is 1. The lowest BCUT2D eigenvalue weighted by Crippen LogP contribution is -2.17. The Morgan fingerprint density at radius 2 is 1.86 bits per heavy atom. The Morgan fingerprint density at radius 1 is 1.14 bits per heavy atom. The highest BCUT2D eigenvalue weighted by molar-refractivity contribution is 9.10. The first kappa shape index (κ1) is 15.3. The summed E-state index contributed by atoms with van der Waals surface area (Å²) in [5.41, 5.74) is 1.72. The normalized spacial score (nSPS) is 10.2. The fraction of sp³-hybridized carbons (Fsp3) is 0.200. The summed E-state index contributed by atoms with van der Waals surface area (Å²) in [5, 5.41) is 5.32. The largest absolute Gasteiger partial charge is 0.444 e. The molecule has 110 valence electrons. The minimum absolute atomic E-state index is 0.00998. The van der Waals surface area contributed by atoms with E-state index in [0.29, 0.717) is 23.2 Å². The average molecular weight is 351 g/mol. The maximum atomic E-state index is 11.9. The maximum Gasteiger partial charge on any atom is 0.291 e. The van der Waals surface area contributed by atoms with Crippen molar-refractivity contribution in [2.45, 2.75) is 12.8 Å². The first-order valence-corrected chi connectivity index (χ1v) is 7.24. The van der Waals surface area contributed by atoms with Gasteiger partial charge in [0.25, 0.3) is 5.91 Å². The summed E-state index contributed by atoms with van der Waals surface area (Å²) in [6, 6.07) is 10.6. The van der Waals surface area contributed by atoms with E-state index in [-0.39, 0.29) is 17.6 Å². The Labute approximate surface area is 130 Å². The van der Waals surface area contributed by atoms with Crippen LogP contribution in [0.5, 0.6) is 0 Å². The van der Waals surface area contributed by atoms with E-state index < -0.39 is 0 Å². The van der Waals surface area contributed by atoms with E-state index in [1.54, 1.807) is 31.3 Å². The lowest BCUT2D eigenvalue weighted by molar-refractivity contribution is -0.120. The van der Waals surface area contributed by atoms with Crippen molar-refractivity contribution in [1.29, 1.82) is 0 Å². The van der Waals surface area contributed by atoms with Gasteiger partial charge in [0.05, 0.1) is 0 Å². The van der Waals surface area contributed by atoms with Crippen LogP contribution < -0.4 is 10.6 Å². The van der Waals surface area contributed by atoms with E-state index >= 15 is 0 Å². The van der Waals surface area contributed by atoms with Crippen molar-refractivity contribution in [2.24, 2.45) is 0 Å². The standard InChI is InChI=1S/C15H15BrN2O3/c1-17-14(19)9-4-10-2-5-11(6-3-10)18-15(20)12-7-8-13(16)21-12/h2-3,5-8H,4,9H2,1H3,(H,17,19)(H,18,20). The van der Waals surface area contributed by atoms with Crippen LogP contribution in [0.3, 0.4) is 0 Å². The summed E-state index contributed by atoms with van der Waals surface area (Å²) in [4.78, 5) is 23.1. The molecule has 2 rings (SSSR count). The summed E-state index contributed by atoms with van der Waals surface area (Å²) in [6.45, 7) is 0. The molecule has 0 fully saturated rings. The van der Waals surface area contributed by atoms with Gasteiger partial charge in [0, 0.05) is 19.2 Å². The molecule has 0 saturated heterocycles. The third-order valence-electron chi connectivity index (χ3n) is 2.93. The monoisotopic (exact) mass is 350 g/mol. The van der Waals surface area contributed by atoms with Crippen molar-refractivity contribution in [3.63, 3.8) is 0 Å². The summed E-state index contributed by atoms with van der Waals surface area (Å²) >= 11 is 3.15. The second-order valence-electron chi connectivity index (χ2n) is 4.43. The van der Waals surface area contributed by atoms with Crippen LogP contribution in [0.2, 0.25) is 0 Å². The van der Waals surface area contributed by atoms with Crippen molar-refractivity contribution < 1.29 is 14.0 Å². The van der Waals surface area contributed by atoms with Crippen LogP contribution in [0.4, 0.5) is 5.69 Å². The number of furan rings is 1. The Balaban J connectivity index is 1.93. The van der Waals surface area contributed by atoms with Crippen LogP contribution in [0.15, 0.2) is 45.5 Å². The molecule has 0 aliphatic rings. The zero-order valence-electron chi connectivity index (χ0n) is 11.5. The van der Waals surface area contributed by atoms with Gasteiger partial charge >= 0.3 is 0 Å². The predicted molar refractivity (Wildman–Crippen MR) is 83.2 cm³/mol. The van der Waals surface area contributed by atoms with E-state index in [2.05, 4.69) is 26.6 Å². The minimum Gasteiger partial charge on any atom is -0.444 e. The number of amides is 2. The quantitative estimate of drug-likeness (QED) is 0.870. The molecule has 1 heterocycles. The number of rotatable bonds is 5. The number of carbonyl (C=O) groups excluding carboxylic acids is 2. The molecule has 21 heavy (non-hydrogen) atoms. The number of carbonyl (C=O) groups is 2. The number of anilines is 1. The van der Waals surface area contributed by atoms with Crippen molar-refractivity contribution in [1.82, 2.24) is 5.32 Å². The molecule has 1 aromatic heterocycles. The van der Waals surface area contributed by atoms with Crippen molar-refractivity contribution in [3.8, 4) is 0 Å². The molecule has 0 aliphatic carbocycles. The average Bonchev–Trinajstić information content (AvgIpc) is 2.93. The van der Waals surface area contributed by atoms with Gasteiger partial charge < -0.3 is 15.1 Å². The zero-order valence-corrected chi connectivity index (χ0v) is 13.1. The molecular formula is C15H15BrN2O3. The summed E-state index contributed by atoms with van der Waals surface area (Å²) in [5.74, 6) is -0.0554. The van der Waals surface area contributed by atoms with Crippen LogP contribution in [0.1, 0.15) is 22.5 Å². The SMILES string of the molecule is CNC(=O)CCc1ccc(NC(=O)c2ccc(Br)o2)cc1. The minimum atomic E-state index is -0.307. The van der Waals surface area contributed by atoms with E-state index in [4.69, 9.17) is 4.42 Å². The van der Waals surface area contributed by atoms with Gasteiger partial charge in [-0.1, -0.05) is 12.1 Å². The molecular weight excluding hydrogens is 336 g/mol. The molecule has 0 atom stereocenters. The maximum absolute atomic E-state index is 11.9. The van der Waals surface area contributed by atoms with Gasteiger partial charge in [-0.05, 0) is 52.2 Å². The highest BCUT2D eigenvalue weighted by Crippen LogP contribution is 2.16. The van der Waals surface area contributed by atoms with Gasteiger partial charge in [-0.15, -0.1) is 0 Å². The van der Waals surface area contributed by atoms with E-state index in [9.17, 15) is 9.59 Å². The number of benzene rings is 1. The van der Waals surface area contributed by atoms with Crippen molar-refractivity contribution >= 4 is 33.4 Å². The summed E-state index contributed by atoms with van der Waals surface area (Å²) < 4.78 is 5.69. The molecule has 6 heteroatoms. The summed E-state index contributed by atoms with van der Waals surface area (Å²) in [6.07, 6.45) is 1.11. The van der Waals surface area contributed by atoms with Crippen LogP contribution in [0, 0.1) is 0 Å². The fourth-order valence-electron chi connectivity index (χ4n) is 1.77. The second kappa shape index (κ2) is 7.08. The fourth-order valence-corrected chi connectivity index (χ4v) is 2.07. The lowest BCUT2D eigenvalue weighted by atomic mass is 10.1. The smallest absolute Gasteiger partial charge is 0.291 e. The first-order chi connectivity index (χ1) is 10.1. The van der Waals surface area contributed by atoms with Gasteiger partial charge in [0.1, 0.15) is 0 Å². The Kier molecular flexibility index (Phi) is 5.16. The molecule has 5 nitrogen and oxygen atoms in total. The van der Waals surface area contributed by atoms with Crippen molar-refractivity contribution in [2.75, 3.05) is 12.4 Å². The van der Waals surface area contributed by atoms with Crippen LogP contribution >= 0.6 is 15.9 Å². The third kappa shape index (κ3) is 4.46. The molecule has 2 N–H and O–H groups in total. The molecule has 2 aromatic rings. The Bertz CT molecular complexity index is 635. The predicted octanol–water partition coefficient (Wildman–Crippen LogP) is 2.97. The van der Waals surface area contributed by atoms with Gasteiger partial charge in [0.2, 0.25) is 5.91 Å². The molecule has 0 bridgehead atoms. The van der Waals surface area contributed by atoms with E-state index in [0.717, 1.165) is 5.56 Å². The van der Waals surface area contributed by atoms with Gasteiger partial charge in [-0.3, -0.25) is 9.59 Å². The van der Waals surface area contributed by atoms with Crippen molar-refractivity contribution in [3.05, 3.63) is 52.4 Å². The highest BCUT2D eigenvalue weighted by Gasteiger charge is 2.10. The number of hydrogen-bond acceptors (Lipinski definition) is 3. The molecule has 0 radical (unpaired) electrons. The molecule has 2 amide bonds. The van der Waals surface area contributed by atoms with Gasteiger partial charge in [-0.2, -0.15) is 0 Å². The molecule has 0 spiro atoms. The molecule has 0 aliphatic heterocycles. The highest BCUT2D eigenvalue weighted by atomic mass is 79.9. The topological polar surface area (TPSA) is 71.3 Å². The third-order valence-corrected chi connectivity index (χ3v) is 3.35. The zero-order chi connectivity index (χ0) is 15.2. The Morgan fingerprint density at radius 3 is 2.43 bits per heavy atom. The summed E-state index contributed by atoms with van der Waals surface area (Å²) in [7, 11) is 1.62. The number of hydrogen-bond donors (Lipinski definition) is 2. The number of halogens is 1. The molecule has 0 saturated carbocycles.